The van der Waals surface area contributed by atoms with Crippen molar-refractivity contribution in [3.8, 4) is 0 Å². The van der Waals surface area contributed by atoms with Crippen LogP contribution in [0.3, 0.4) is 0 Å². The van der Waals surface area contributed by atoms with Gasteiger partial charge in [-0.15, -0.1) is 11.3 Å². The van der Waals surface area contributed by atoms with Gasteiger partial charge >= 0.3 is 0 Å². The number of fused-ring (bicyclic) bond motifs is 1. The minimum atomic E-state index is -0.106. The highest BCUT2D eigenvalue weighted by Gasteiger charge is 2.75. The summed E-state index contributed by atoms with van der Waals surface area (Å²) in [6.07, 6.45) is 4.57. The molecule has 4 saturated carbocycles. The molecule has 1 N–H and O–H groups in total. The Bertz CT molecular complexity index is 1110. The van der Waals surface area contributed by atoms with E-state index in [0.717, 1.165) is 32.4 Å². The molecular weight excluding hydrogens is 390 g/mol. The maximum atomic E-state index is 12.7. The van der Waals surface area contributed by atoms with Gasteiger partial charge in [0.25, 0.3) is 0 Å². The maximum absolute atomic E-state index is 12.7. The highest BCUT2D eigenvalue weighted by molar-refractivity contribution is 8.00. The Morgan fingerprint density at radius 2 is 2.25 bits per heavy atom. The van der Waals surface area contributed by atoms with E-state index in [2.05, 4.69) is 21.4 Å². The van der Waals surface area contributed by atoms with E-state index in [4.69, 9.17) is 0 Å². The number of aromatic nitrogens is 2. The van der Waals surface area contributed by atoms with Crippen LogP contribution in [0.1, 0.15) is 12.0 Å². The number of anilines is 1. The molecule has 5 unspecified atom stereocenters. The lowest BCUT2D eigenvalue weighted by Crippen LogP contribution is -2.27. The monoisotopic (exact) mass is 407 g/mol. The Balaban J connectivity index is 1.17. The van der Waals surface area contributed by atoms with Crippen molar-refractivity contribution < 1.29 is 9.59 Å². The van der Waals surface area contributed by atoms with Crippen molar-refractivity contribution in [2.75, 3.05) is 5.32 Å². The van der Waals surface area contributed by atoms with Gasteiger partial charge in [-0.05, 0) is 48.1 Å². The fourth-order valence-corrected chi connectivity index (χ4v) is 7.14. The molecule has 28 heavy (non-hydrogen) atoms. The highest BCUT2D eigenvalue weighted by atomic mass is 32.2. The van der Waals surface area contributed by atoms with E-state index in [1.165, 1.54) is 5.56 Å². The van der Waals surface area contributed by atoms with Crippen molar-refractivity contribution in [2.24, 2.45) is 29.6 Å². The predicted molar refractivity (Wildman–Crippen MR) is 109 cm³/mol. The second-order valence-electron chi connectivity index (χ2n) is 7.84. The Morgan fingerprint density at radius 3 is 2.96 bits per heavy atom. The smallest absolute Gasteiger partial charge is 0.228 e. The fraction of sp³-hybridized carbons (Fsp3) is 0.333. The van der Waals surface area contributed by atoms with Crippen LogP contribution in [-0.4, -0.2) is 21.7 Å². The molecule has 0 spiro atoms. The van der Waals surface area contributed by atoms with Crippen LogP contribution in [0.25, 0.3) is 10.2 Å². The van der Waals surface area contributed by atoms with E-state index in [1.807, 2.05) is 30.5 Å². The lowest BCUT2D eigenvalue weighted by molar-refractivity contribution is -0.126. The zero-order chi connectivity index (χ0) is 18.8. The number of nitrogens with zero attached hydrogens (tertiary/aromatic N) is 2. The number of carbonyl (C=O) groups excluding carboxylic acids is 2. The Hall–Kier alpha value is -2.25. The van der Waals surface area contributed by atoms with Crippen LogP contribution in [0.15, 0.2) is 47.1 Å². The lowest BCUT2D eigenvalue weighted by atomic mass is 9.96. The van der Waals surface area contributed by atoms with E-state index in [1.54, 1.807) is 29.3 Å². The molecule has 4 fully saturated rings. The van der Waals surface area contributed by atoms with Crippen LogP contribution in [0, 0.1) is 29.6 Å². The number of nitrogens with one attached hydrogen (secondary N) is 1. The number of rotatable bonds is 5. The quantitative estimate of drug-likeness (QED) is 0.647. The first kappa shape index (κ1) is 16.7. The van der Waals surface area contributed by atoms with E-state index in [0.29, 0.717) is 17.6 Å². The molecule has 7 heteroatoms. The fourth-order valence-electron chi connectivity index (χ4n) is 5.10. The number of hydrogen-bond donors (Lipinski definition) is 1. The zero-order valence-electron chi connectivity index (χ0n) is 14.9. The first-order chi connectivity index (χ1) is 13.7. The van der Waals surface area contributed by atoms with Gasteiger partial charge in [0.05, 0.1) is 16.1 Å². The van der Waals surface area contributed by atoms with E-state index < -0.39 is 0 Å². The molecule has 4 bridgehead atoms. The molecule has 2 aromatic heterocycles. The van der Waals surface area contributed by atoms with E-state index >= 15 is 0 Å². The van der Waals surface area contributed by atoms with Gasteiger partial charge in [-0.3, -0.25) is 14.6 Å². The third-order valence-electron chi connectivity index (χ3n) is 6.32. The average Bonchev–Trinajstić information content (AvgIpc) is 3.06. The summed E-state index contributed by atoms with van der Waals surface area (Å²) in [6, 6.07) is 9.85. The van der Waals surface area contributed by atoms with E-state index in [9.17, 15) is 9.59 Å². The largest absolute Gasteiger partial charge is 0.326 e. The van der Waals surface area contributed by atoms with Crippen LogP contribution >= 0.6 is 23.1 Å². The lowest BCUT2D eigenvalue weighted by Gasteiger charge is -2.13. The molecule has 0 saturated heterocycles. The molecular formula is C21H17N3O2S2. The standard InChI is InChI=1S/C21H17N3O2S2/c25-19-13-7-12-16(17(12)19)18(13)20(26)23-11-3-4-14-15(6-11)28-21(24-14)27-9-10-2-1-5-22-8-10/h1-6,8,12-13,16-18H,7,9H2,(H,23,26). The number of hydrogen-bond acceptors (Lipinski definition) is 6. The summed E-state index contributed by atoms with van der Waals surface area (Å²) in [6.45, 7) is 0. The number of benzene rings is 1. The molecule has 5 nitrogen and oxygen atoms in total. The number of Topliss-reactive ketones (excluding diaryl/α,β-unsaturated/α-hetero) is 1. The summed E-state index contributed by atoms with van der Waals surface area (Å²) < 4.78 is 2.06. The summed E-state index contributed by atoms with van der Waals surface area (Å²) in [5, 5.41) is 3.05. The van der Waals surface area contributed by atoms with Crippen molar-refractivity contribution >= 4 is 50.7 Å². The summed E-state index contributed by atoms with van der Waals surface area (Å²) in [7, 11) is 0. The summed E-state index contributed by atoms with van der Waals surface area (Å²) in [5.41, 5.74) is 2.90. The molecule has 1 amide bonds. The molecule has 0 radical (unpaired) electrons. The third kappa shape index (κ3) is 2.53. The third-order valence-corrected chi connectivity index (χ3v) is 8.55. The van der Waals surface area contributed by atoms with Crippen molar-refractivity contribution in [1.82, 2.24) is 9.97 Å². The number of carbonyl (C=O) groups is 2. The van der Waals surface area contributed by atoms with Crippen molar-refractivity contribution in [1.29, 1.82) is 0 Å². The molecule has 0 aliphatic heterocycles. The molecule has 4 aliphatic carbocycles. The number of ketones is 1. The van der Waals surface area contributed by atoms with Crippen LogP contribution in [0.5, 0.6) is 0 Å². The van der Waals surface area contributed by atoms with Crippen LogP contribution in [0.2, 0.25) is 0 Å². The number of thioether (sulfide) groups is 1. The van der Waals surface area contributed by atoms with Gasteiger partial charge in [-0.1, -0.05) is 17.8 Å². The molecule has 1 aromatic carbocycles. The second-order valence-corrected chi connectivity index (χ2v) is 10.1. The number of amides is 1. The maximum Gasteiger partial charge on any atom is 0.228 e. The first-order valence-corrected chi connectivity index (χ1v) is 11.3. The second kappa shape index (κ2) is 6.12. The number of pyridine rings is 1. The van der Waals surface area contributed by atoms with Crippen LogP contribution in [0.4, 0.5) is 5.69 Å². The summed E-state index contributed by atoms with van der Waals surface area (Å²) in [5.74, 6) is 2.07. The van der Waals surface area contributed by atoms with Crippen LogP contribution < -0.4 is 5.32 Å². The number of thiazole rings is 1. The first-order valence-electron chi connectivity index (χ1n) is 9.46. The predicted octanol–water partition coefficient (Wildman–Crippen LogP) is 4.00. The minimum absolute atomic E-state index is 0.0147. The van der Waals surface area contributed by atoms with Gasteiger partial charge in [0.1, 0.15) is 5.78 Å². The normalized spacial score (nSPS) is 29.4. The van der Waals surface area contributed by atoms with Gasteiger partial charge in [0.15, 0.2) is 4.34 Å². The van der Waals surface area contributed by atoms with Gasteiger partial charge < -0.3 is 5.32 Å². The van der Waals surface area contributed by atoms with Crippen molar-refractivity contribution in [3.05, 3.63) is 48.3 Å². The summed E-state index contributed by atoms with van der Waals surface area (Å²) in [4.78, 5) is 33.7. The SMILES string of the molecule is O=C(Nc1ccc2nc(SCc3cccnc3)sc2c1)C1C2CC3C(C2=O)C31. The Kier molecular flexibility index (Phi) is 3.65. The Morgan fingerprint density at radius 1 is 1.32 bits per heavy atom. The van der Waals surface area contributed by atoms with Gasteiger partial charge in [-0.25, -0.2) is 4.98 Å². The molecule has 5 atom stereocenters. The zero-order valence-corrected chi connectivity index (χ0v) is 16.5. The topological polar surface area (TPSA) is 72.0 Å². The molecule has 140 valence electrons. The highest BCUT2D eigenvalue weighted by Crippen LogP contribution is 2.71. The van der Waals surface area contributed by atoms with Gasteiger partial charge in [0.2, 0.25) is 5.91 Å². The van der Waals surface area contributed by atoms with Gasteiger partial charge in [-0.2, -0.15) is 0 Å². The average molecular weight is 408 g/mol. The van der Waals surface area contributed by atoms with Gasteiger partial charge in [0, 0.05) is 35.7 Å². The minimum Gasteiger partial charge on any atom is -0.326 e. The molecule has 7 rings (SSSR count). The molecule has 3 aromatic rings. The molecule has 4 aliphatic rings. The van der Waals surface area contributed by atoms with Crippen LogP contribution in [-0.2, 0) is 15.3 Å². The van der Waals surface area contributed by atoms with Crippen molar-refractivity contribution in [2.45, 2.75) is 16.5 Å². The van der Waals surface area contributed by atoms with E-state index in [-0.39, 0.29) is 23.7 Å². The van der Waals surface area contributed by atoms with Crippen molar-refractivity contribution in [3.63, 3.8) is 0 Å². The summed E-state index contributed by atoms with van der Waals surface area (Å²) >= 11 is 3.33. The molecule has 2 heterocycles. The Labute approximate surface area is 170 Å².